The number of carboxylic acids is 1. The summed E-state index contributed by atoms with van der Waals surface area (Å²) in [7, 11) is 0. The fraction of sp³-hybridized carbons (Fsp3) is 0.500. The summed E-state index contributed by atoms with van der Waals surface area (Å²) in [5.41, 5.74) is 1.26. The van der Waals surface area contributed by atoms with Crippen molar-refractivity contribution < 1.29 is 24.2 Å². The number of aryl methyl sites for hydroxylation is 1. The highest BCUT2D eigenvalue weighted by atomic mass is 16.5. The second kappa shape index (κ2) is 7.38. The van der Waals surface area contributed by atoms with Gasteiger partial charge in [0.15, 0.2) is 0 Å². The van der Waals surface area contributed by atoms with Crippen LogP contribution in [0.4, 0.5) is 5.69 Å². The monoisotopic (exact) mass is 307 g/mol. The number of carboxylic acid groups (broad SMARTS) is 1. The number of benzene rings is 1. The van der Waals surface area contributed by atoms with Crippen LogP contribution in [-0.2, 0) is 14.3 Å². The number of rotatable bonds is 6. The first-order valence-corrected chi connectivity index (χ1v) is 7.35. The predicted octanol–water partition coefficient (Wildman–Crippen LogP) is 2.22. The predicted molar refractivity (Wildman–Crippen MR) is 81.2 cm³/mol. The van der Waals surface area contributed by atoms with Gasteiger partial charge in [0.2, 0.25) is 0 Å². The summed E-state index contributed by atoms with van der Waals surface area (Å²) >= 11 is 0. The summed E-state index contributed by atoms with van der Waals surface area (Å²) in [5.74, 6) is -1.32. The van der Waals surface area contributed by atoms with Gasteiger partial charge in [0, 0.05) is 12.3 Å². The van der Waals surface area contributed by atoms with Crippen LogP contribution in [0, 0.1) is 6.92 Å². The van der Waals surface area contributed by atoms with Gasteiger partial charge in [-0.25, -0.2) is 4.79 Å². The fourth-order valence-electron chi connectivity index (χ4n) is 2.28. The number of hydrogen-bond donors (Lipinski definition) is 2. The first-order valence-electron chi connectivity index (χ1n) is 7.35. The Bertz CT molecular complexity index is 551. The number of nitrogens with one attached hydrogen (secondary N) is 1. The van der Waals surface area contributed by atoms with Crippen LogP contribution in [0.1, 0.15) is 35.7 Å². The molecular formula is C16H21NO5. The summed E-state index contributed by atoms with van der Waals surface area (Å²) in [6, 6.07) is 4.78. The minimum absolute atomic E-state index is 0.0632. The molecule has 0 bridgehead atoms. The average molecular weight is 307 g/mol. The van der Waals surface area contributed by atoms with E-state index in [1.807, 2.05) is 0 Å². The first-order chi connectivity index (χ1) is 10.5. The summed E-state index contributed by atoms with van der Waals surface area (Å²) < 4.78 is 10.9. The topological polar surface area (TPSA) is 84.9 Å². The van der Waals surface area contributed by atoms with Crippen LogP contribution < -0.4 is 5.32 Å². The number of carbonyl (C=O) groups excluding carboxylic acids is 1. The lowest BCUT2D eigenvalue weighted by Gasteiger charge is -2.16. The number of anilines is 1. The summed E-state index contributed by atoms with van der Waals surface area (Å²) in [6.07, 6.45) is 1.41. The molecule has 1 aliphatic heterocycles. The lowest BCUT2D eigenvalue weighted by molar-refractivity contribution is -0.128. The first kappa shape index (κ1) is 16.5. The van der Waals surface area contributed by atoms with E-state index < -0.39 is 12.1 Å². The lowest BCUT2D eigenvalue weighted by Crippen LogP contribution is -2.30. The van der Waals surface area contributed by atoms with Gasteiger partial charge in [-0.3, -0.25) is 4.79 Å². The smallest absolute Gasteiger partial charge is 0.336 e. The lowest BCUT2D eigenvalue weighted by atomic mass is 10.1. The molecule has 0 saturated carbocycles. The Morgan fingerprint density at radius 3 is 2.91 bits per heavy atom. The van der Waals surface area contributed by atoms with Crippen molar-refractivity contribution in [3.8, 4) is 0 Å². The van der Waals surface area contributed by atoms with Crippen LogP contribution in [0.15, 0.2) is 18.2 Å². The van der Waals surface area contributed by atoms with Crippen LogP contribution in [0.3, 0.4) is 0 Å². The van der Waals surface area contributed by atoms with Crippen molar-refractivity contribution >= 4 is 17.6 Å². The Morgan fingerprint density at radius 2 is 2.27 bits per heavy atom. The van der Waals surface area contributed by atoms with Crippen molar-refractivity contribution in [2.24, 2.45) is 0 Å². The molecule has 0 spiro atoms. The molecule has 0 aromatic heterocycles. The molecule has 6 nitrogen and oxygen atoms in total. The normalized spacial score (nSPS) is 18.9. The molecule has 2 atom stereocenters. The van der Waals surface area contributed by atoms with Gasteiger partial charge in [-0.05, 0) is 44.4 Å². The van der Waals surface area contributed by atoms with Crippen LogP contribution >= 0.6 is 0 Å². The maximum absolute atomic E-state index is 12.1. The molecule has 1 aromatic rings. The molecule has 0 radical (unpaired) electrons. The van der Waals surface area contributed by atoms with E-state index in [0.717, 1.165) is 19.4 Å². The zero-order valence-corrected chi connectivity index (χ0v) is 12.8. The van der Waals surface area contributed by atoms with Gasteiger partial charge in [-0.15, -0.1) is 0 Å². The third-order valence-electron chi connectivity index (χ3n) is 3.66. The Labute approximate surface area is 129 Å². The SMILES string of the molecule is Cc1ccc(NC(=O)C(C)OCC2CCCO2)cc1C(=O)O. The minimum Gasteiger partial charge on any atom is -0.478 e. The fourth-order valence-corrected chi connectivity index (χ4v) is 2.28. The molecule has 1 aliphatic rings. The van der Waals surface area contributed by atoms with E-state index in [4.69, 9.17) is 14.6 Å². The van der Waals surface area contributed by atoms with Gasteiger partial charge in [0.1, 0.15) is 6.10 Å². The largest absolute Gasteiger partial charge is 0.478 e. The van der Waals surface area contributed by atoms with E-state index in [0.29, 0.717) is 17.9 Å². The molecule has 0 aliphatic carbocycles. The molecule has 22 heavy (non-hydrogen) atoms. The standard InChI is InChI=1S/C16H21NO5/c1-10-5-6-12(8-14(10)16(19)20)17-15(18)11(2)22-9-13-4-3-7-21-13/h5-6,8,11,13H,3-4,7,9H2,1-2H3,(H,17,18)(H,19,20). The van der Waals surface area contributed by atoms with E-state index in [9.17, 15) is 9.59 Å². The molecule has 2 unspecified atom stereocenters. The van der Waals surface area contributed by atoms with E-state index in [-0.39, 0.29) is 17.6 Å². The summed E-state index contributed by atoms with van der Waals surface area (Å²) in [5, 5.41) is 11.8. The Morgan fingerprint density at radius 1 is 1.50 bits per heavy atom. The van der Waals surface area contributed by atoms with Crippen LogP contribution in [0.2, 0.25) is 0 Å². The molecule has 1 heterocycles. The molecule has 6 heteroatoms. The van der Waals surface area contributed by atoms with Crippen molar-refractivity contribution in [3.63, 3.8) is 0 Å². The van der Waals surface area contributed by atoms with Crippen LogP contribution in [0.5, 0.6) is 0 Å². The Balaban J connectivity index is 1.90. The third-order valence-corrected chi connectivity index (χ3v) is 3.66. The summed E-state index contributed by atoms with van der Waals surface area (Å²) in [4.78, 5) is 23.2. The zero-order valence-electron chi connectivity index (χ0n) is 12.8. The van der Waals surface area contributed by atoms with Gasteiger partial charge in [-0.2, -0.15) is 0 Å². The molecule has 1 amide bonds. The van der Waals surface area contributed by atoms with Gasteiger partial charge in [0.25, 0.3) is 5.91 Å². The van der Waals surface area contributed by atoms with Gasteiger partial charge < -0.3 is 19.9 Å². The van der Waals surface area contributed by atoms with Crippen molar-refractivity contribution in [2.45, 2.75) is 38.9 Å². The minimum atomic E-state index is -1.02. The van der Waals surface area contributed by atoms with Gasteiger partial charge in [-0.1, -0.05) is 6.07 Å². The van der Waals surface area contributed by atoms with Crippen molar-refractivity contribution in [1.82, 2.24) is 0 Å². The molecule has 2 rings (SSSR count). The molecule has 2 N–H and O–H groups in total. The second-order valence-electron chi connectivity index (χ2n) is 5.43. The van der Waals surface area contributed by atoms with E-state index in [1.54, 1.807) is 26.0 Å². The third kappa shape index (κ3) is 4.29. The highest BCUT2D eigenvalue weighted by Gasteiger charge is 2.20. The molecular weight excluding hydrogens is 286 g/mol. The maximum Gasteiger partial charge on any atom is 0.336 e. The van der Waals surface area contributed by atoms with Gasteiger partial charge >= 0.3 is 5.97 Å². The highest BCUT2D eigenvalue weighted by molar-refractivity contribution is 5.96. The molecule has 1 saturated heterocycles. The second-order valence-corrected chi connectivity index (χ2v) is 5.43. The van der Waals surface area contributed by atoms with Crippen LogP contribution in [0.25, 0.3) is 0 Å². The number of hydrogen-bond acceptors (Lipinski definition) is 4. The molecule has 1 aromatic carbocycles. The van der Waals surface area contributed by atoms with Crippen molar-refractivity contribution in [3.05, 3.63) is 29.3 Å². The van der Waals surface area contributed by atoms with E-state index >= 15 is 0 Å². The Hall–Kier alpha value is -1.92. The van der Waals surface area contributed by atoms with Crippen molar-refractivity contribution in [2.75, 3.05) is 18.5 Å². The molecule has 1 fully saturated rings. The molecule has 120 valence electrons. The number of amides is 1. The Kier molecular flexibility index (Phi) is 5.51. The number of ether oxygens (including phenoxy) is 2. The van der Waals surface area contributed by atoms with E-state index in [1.165, 1.54) is 6.07 Å². The quantitative estimate of drug-likeness (QED) is 0.841. The number of aromatic carboxylic acids is 1. The highest BCUT2D eigenvalue weighted by Crippen LogP contribution is 2.16. The zero-order chi connectivity index (χ0) is 16.1. The van der Waals surface area contributed by atoms with Gasteiger partial charge in [0.05, 0.1) is 18.3 Å². The number of carbonyl (C=O) groups is 2. The van der Waals surface area contributed by atoms with Crippen LogP contribution in [-0.4, -0.2) is 42.4 Å². The van der Waals surface area contributed by atoms with Crippen molar-refractivity contribution in [1.29, 1.82) is 0 Å². The average Bonchev–Trinajstić information content (AvgIpc) is 2.99. The van der Waals surface area contributed by atoms with E-state index in [2.05, 4.69) is 5.32 Å². The summed E-state index contributed by atoms with van der Waals surface area (Å²) in [6.45, 7) is 4.51. The maximum atomic E-state index is 12.1.